The lowest BCUT2D eigenvalue weighted by molar-refractivity contribution is 0.0524. The molecule has 1 amide bonds. The number of aromatic nitrogens is 2. The Morgan fingerprint density at radius 3 is 2.48 bits per heavy atom. The molecule has 50 heavy (non-hydrogen) atoms. The molecule has 1 aromatic heterocycles. The first kappa shape index (κ1) is 40.3. The smallest absolute Gasteiger partial charge is 0.407 e. The van der Waals surface area contributed by atoms with Crippen molar-refractivity contribution in [2.75, 3.05) is 76.7 Å². The molecule has 2 atom stereocenters. The molecule has 2 unspecified atom stereocenters. The molecule has 1 aromatic rings. The normalized spacial score (nSPS) is 18.6. The molecule has 2 aliphatic rings. The zero-order valence-corrected chi connectivity index (χ0v) is 31.3. The number of aliphatic hydroxyl groups is 1. The van der Waals surface area contributed by atoms with Gasteiger partial charge in [-0.05, 0) is 77.3 Å². The van der Waals surface area contributed by atoms with Crippen molar-refractivity contribution in [3.8, 4) is 0 Å². The molecule has 2 heterocycles. The van der Waals surface area contributed by atoms with Gasteiger partial charge in [0.25, 0.3) is 0 Å². The third kappa shape index (κ3) is 14.0. The first-order valence-corrected chi connectivity index (χ1v) is 17.8. The van der Waals surface area contributed by atoms with Crippen LogP contribution in [0, 0.1) is 11.8 Å². The number of unbranched alkanes of at least 4 members (excludes halogenated alkanes) is 1. The van der Waals surface area contributed by atoms with E-state index >= 15 is 0 Å². The van der Waals surface area contributed by atoms with Crippen molar-refractivity contribution in [3.63, 3.8) is 0 Å². The highest BCUT2D eigenvalue weighted by Gasteiger charge is 2.22. The number of carbonyl (C=O) groups excluding carboxylic acids is 1. The van der Waals surface area contributed by atoms with E-state index < -0.39 is 5.60 Å². The van der Waals surface area contributed by atoms with Crippen molar-refractivity contribution in [1.82, 2.24) is 30.0 Å². The summed E-state index contributed by atoms with van der Waals surface area (Å²) in [6.07, 6.45) is 16.4. The summed E-state index contributed by atoms with van der Waals surface area (Å²) in [4.78, 5) is 34.5. The average Bonchev–Trinajstić information content (AvgIpc) is 3.07. The van der Waals surface area contributed by atoms with Gasteiger partial charge in [0.2, 0.25) is 5.95 Å². The lowest BCUT2D eigenvalue weighted by atomic mass is 9.85. The second-order valence-electron chi connectivity index (χ2n) is 14.3. The molecule has 1 fully saturated rings. The number of hydrogen-bond donors (Lipinski definition) is 3. The van der Waals surface area contributed by atoms with Crippen LogP contribution in [0.5, 0.6) is 0 Å². The molecule has 0 bridgehead atoms. The average molecular weight is 692 g/mol. The maximum atomic E-state index is 11.8. The number of nitrogens with one attached hydrogen (secondary N) is 2. The van der Waals surface area contributed by atoms with Gasteiger partial charge in [-0.1, -0.05) is 38.7 Å². The number of rotatable bonds is 19. The van der Waals surface area contributed by atoms with Gasteiger partial charge in [-0.3, -0.25) is 9.89 Å². The maximum Gasteiger partial charge on any atom is 0.407 e. The predicted octanol–water partition coefficient (Wildman–Crippen LogP) is 6.49. The largest absolute Gasteiger partial charge is 0.513 e. The van der Waals surface area contributed by atoms with E-state index in [0.717, 1.165) is 82.9 Å². The van der Waals surface area contributed by atoms with Crippen LogP contribution >= 0.6 is 0 Å². The van der Waals surface area contributed by atoms with E-state index in [0.29, 0.717) is 42.3 Å². The van der Waals surface area contributed by atoms with Crippen molar-refractivity contribution in [1.29, 1.82) is 0 Å². The second kappa shape index (κ2) is 19.9. The zero-order valence-electron chi connectivity index (χ0n) is 31.3. The zero-order chi connectivity index (χ0) is 36.7. The van der Waals surface area contributed by atoms with Crippen LogP contribution in [0.3, 0.4) is 0 Å². The minimum absolute atomic E-state index is 0.260. The number of piperazine rings is 1. The van der Waals surface area contributed by atoms with E-state index in [-0.39, 0.29) is 11.9 Å². The van der Waals surface area contributed by atoms with Crippen LogP contribution in [0.4, 0.5) is 22.2 Å². The Morgan fingerprint density at radius 2 is 1.86 bits per heavy atom. The minimum atomic E-state index is -0.478. The van der Waals surface area contributed by atoms with Crippen LogP contribution in [0.2, 0.25) is 0 Å². The number of hydrogen-bond acceptors (Lipinski definition) is 11. The summed E-state index contributed by atoms with van der Waals surface area (Å²) in [6.45, 7) is 26.6. The minimum Gasteiger partial charge on any atom is -0.513 e. The SMILES string of the molecule is C=C/C(=C\N(C)CCN1CCN(CCCNC(=O)OC(C)(C)C)CC1)Nc1ncc(N=C)c(N(C)C2=CC(C)C(CCCCC(=C)O)C=C2)n1. The summed E-state index contributed by atoms with van der Waals surface area (Å²) in [5, 5.41) is 15.5. The second-order valence-corrected chi connectivity index (χ2v) is 14.3. The lowest BCUT2D eigenvalue weighted by Gasteiger charge is -2.35. The van der Waals surface area contributed by atoms with Gasteiger partial charge in [-0.15, -0.1) is 0 Å². The fraction of sp³-hybridized carbons (Fsp3) is 0.579. The van der Waals surface area contributed by atoms with E-state index in [1.54, 1.807) is 12.3 Å². The molecule has 276 valence electrons. The Morgan fingerprint density at radius 1 is 1.16 bits per heavy atom. The van der Waals surface area contributed by atoms with Gasteiger partial charge in [0.1, 0.15) is 11.3 Å². The van der Waals surface area contributed by atoms with E-state index in [4.69, 9.17) is 9.72 Å². The molecule has 12 nitrogen and oxygen atoms in total. The molecule has 1 aliphatic heterocycles. The number of ether oxygens (including phenoxy) is 1. The molecule has 0 aromatic carbocycles. The summed E-state index contributed by atoms with van der Waals surface area (Å²) in [5.74, 6) is 2.19. The van der Waals surface area contributed by atoms with Crippen LogP contribution in [-0.2, 0) is 4.74 Å². The molecule has 3 rings (SSSR count). The van der Waals surface area contributed by atoms with Crippen LogP contribution in [0.25, 0.3) is 0 Å². The Balaban J connectivity index is 1.47. The first-order valence-electron chi connectivity index (χ1n) is 17.8. The van der Waals surface area contributed by atoms with Crippen LogP contribution in [0.1, 0.15) is 59.8 Å². The predicted molar refractivity (Wildman–Crippen MR) is 206 cm³/mol. The summed E-state index contributed by atoms with van der Waals surface area (Å²) >= 11 is 0. The molecular formula is C38H61N9O3. The van der Waals surface area contributed by atoms with Gasteiger partial charge in [0.15, 0.2) is 5.82 Å². The summed E-state index contributed by atoms with van der Waals surface area (Å²) in [6, 6.07) is 0. The van der Waals surface area contributed by atoms with Gasteiger partial charge in [-0.2, -0.15) is 4.98 Å². The number of aliphatic imine (C=N–C) groups is 1. The molecule has 0 saturated carbocycles. The van der Waals surface area contributed by atoms with E-state index in [1.165, 1.54) is 0 Å². The lowest BCUT2D eigenvalue weighted by Crippen LogP contribution is -2.48. The number of aliphatic hydroxyl groups excluding tert-OH is 1. The van der Waals surface area contributed by atoms with Crippen LogP contribution in [0.15, 0.2) is 72.0 Å². The highest BCUT2D eigenvalue weighted by Crippen LogP contribution is 2.33. The van der Waals surface area contributed by atoms with Gasteiger partial charge < -0.3 is 35.2 Å². The Labute approximate surface area is 300 Å². The van der Waals surface area contributed by atoms with Crippen molar-refractivity contribution < 1.29 is 14.6 Å². The molecule has 0 radical (unpaired) electrons. The van der Waals surface area contributed by atoms with Crippen molar-refractivity contribution in [3.05, 3.63) is 67.0 Å². The topological polar surface area (TPSA) is 122 Å². The van der Waals surface area contributed by atoms with Gasteiger partial charge in [-0.25, -0.2) is 9.78 Å². The third-order valence-electron chi connectivity index (χ3n) is 8.89. The summed E-state index contributed by atoms with van der Waals surface area (Å²) < 4.78 is 5.30. The molecule has 12 heteroatoms. The van der Waals surface area contributed by atoms with Crippen LogP contribution < -0.4 is 15.5 Å². The number of alkyl carbamates (subject to hydrolysis) is 1. The molecule has 0 spiro atoms. The fourth-order valence-corrected chi connectivity index (χ4v) is 5.96. The number of nitrogens with zero attached hydrogens (tertiary/aromatic N) is 7. The monoisotopic (exact) mass is 691 g/mol. The van der Waals surface area contributed by atoms with E-state index in [1.807, 2.05) is 38.9 Å². The Kier molecular flexibility index (Phi) is 16.0. The van der Waals surface area contributed by atoms with Crippen LogP contribution in [-0.4, -0.2) is 115 Å². The molecule has 1 saturated heterocycles. The van der Waals surface area contributed by atoms with Gasteiger partial charge in [0, 0.05) is 78.2 Å². The molecule has 3 N–H and O–H groups in total. The van der Waals surface area contributed by atoms with Crippen molar-refractivity contribution in [2.24, 2.45) is 16.8 Å². The maximum absolute atomic E-state index is 11.8. The Hall–Kier alpha value is -4.16. The number of amides is 1. The number of carbonyl (C=O) groups is 1. The highest BCUT2D eigenvalue weighted by atomic mass is 16.6. The first-order chi connectivity index (χ1) is 23.8. The summed E-state index contributed by atoms with van der Waals surface area (Å²) in [7, 11) is 4.04. The van der Waals surface area contributed by atoms with Crippen molar-refractivity contribution in [2.45, 2.75) is 65.4 Å². The highest BCUT2D eigenvalue weighted by molar-refractivity contribution is 5.69. The number of allylic oxidation sites excluding steroid dienone is 5. The fourth-order valence-electron chi connectivity index (χ4n) is 5.96. The molecule has 1 aliphatic carbocycles. The standard InChI is InChI=1S/C38H61N9O3/c1-10-32(28-44(8)20-21-47-24-22-46(23-25-47)19-13-18-40-37(49)50-38(4,5)6)42-36-41-27-34(39-7)35(43-36)45(9)33-17-16-31(29(2)26-33)15-12-11-14-30(3)48/h10,16-17,26-29,31,48H,1,3,7,11-15,18-25H2,2,4-6,8-9H3,(H,40,49)(H,41,42,43)/b32-28+. The van der Waals surface area contributed by atoms with E-state index in [2.05, 4.69) is 87.4 Å². The third-order valence-corrected chi connectivity index (χ3v) is 8.89. The number of anilines is 2. The van der Waals surface area contributed by atoms with Gasteiger partial charge >= 0.3 is 6.09 Å². The quantitative estimate of drug-likeness (QED) is 0.0643. The van der Waals surface area contributed by atoms with Gasteiger partial charge in [0.05, 0.1) is 17.7 Å². The Bertz CT molecular complexity index is 1380. The van der Waals surface area contributed by atoms with E-state index in [9.17, 15) is 9.90 Å². The summed E-state index contributed by atoms with van der Waals surface area (Å²) in [5.41, 5.74) is 1.96. The molecular weight excluding hydrogens is 630 g/mol. The van der Waals surface area contributed by atoms with Crippen molar-refractivity contribution >= 4 is 30.3 Å². The number of likely N-dealkylation sites (N-methyl/N-ethyl adjacent to an activating group) is 2.